The largest absolute Gasteiger partial charge is 0.350 e. The van der Waals surface area contributed by atoms with Gasteiger partial charge in [-0.05, 0) is 19.4 Å². The molecule has 0 aliphatic carbocycles. The first-order valence-corrected chi connectivity index (χ1v) is 7.08. The molecule has 1 aromatic rings. The lowest BCUT2D eigenvalue weighted by atomic mass is 10.1. The van der Waals surface area contributed by atoms with E-state index < -0.39 is 0 Å². The minimum absolute atomic E-state index is 0.0354. The molecular weight excluding hydrogens is 258 g/mol. The van der Waals surface area contributed by atoms with Gasteiger partial charge in [-0.25, -0.2) is 4.68 Å². The summed E-state index contributed by atoms with van der Waals surface area (Å²) in [7, 11) is 3.70. The highest BCUT2D eigenvalue weighted by Gasteiger charge is 2.33. The number of rotatable bonds is 4. The number of hydrogen-bond donors (Lipinski definition) is 1. The predicted molar refractivity (Wildman–Crippen MR) is 78.2 cm³/mol. The van der Waals surface area contributed by atoms with Crippen molar-refractivity contribution in [2.75, 3.05) is 25.0 Å². The maximum absolute atomic E-state index is 11.5. The van der Waals surface area contributed by atoms with Gasteiger partial charge in [-0.15, -0.1) is 0 Å². The quantitative estimate of drug-likeness (QED) is 0.670. The number of hydrogen-bond acceptors (Lipinski definition) is 5. The van der Waals surface area contributed by atoms with Gasteiger partial charge < -0.3 is 10.2 Å². The second-order valence-corrected chi connectivity index (χ2v) is 5.70. The Kier molecular flexibility index (Phi) is 4.27. The molecule has 0 spiro atoms. The molecule has 7 nitrogen and oxygen atoms in total. The zero-order valence-electron chi connectivity index (χ0n) is 12.6. The molecule has 0 bridgehead atoms. The van der Waals surface area contributed by atoms with Crippen LogP contribution in [0, 0.1) is 10.1 Å². The van der Waals surface area contributed by atoms with Gasteiger partial charge in [-0.3, -0.25) is 10.1 Å². The number of nitrogens with one attached hydrogen (secondary N) is 1. The van der Waals surface area contributed by atoms with Gasteiger partial charge in [0.25, 0.3) is 0 Å². The smallest absolute Gasteiger partial charge is 0.334 e. The average Bonchev–Trinajstić information content (AvgIpc) is 2.77. The number of aryl methyl sites for hydroxylation is 1. The van der Waals surface area contributed by atoms with E-state index in [0.717, 1.165) is 25.9 Å². The molecule has 112 valence electrons. The molecule has 1 aromatic heterocycles. The van der Waals surface area contributed by atoms with Crippen molar-refractivity contribution in [1.82, 2.24) is 15.1 Å². The number of nitrogens with zero attached hydrogens (tertiary/aromatic N) is 4. The Hall–Kier alpha value is -1.63. The lowest BCUT2D eigenvalue weighted by Crippen LogP contribution is -2.45. The monoisotopic (exact) mass is 281 g/mol. The highest BCUT2D eigenvalue weighted by atomic mass is 16.6. The van der Waals surface area contributed by atoms with E-state index in [9.17, 15) is 10.1 Å². The Morgan fingerprint density at radius 3 is 2.75 bits per heavy atom. The Morgan fingerprint density at radius 2 is 2.25 bits per heavy atom. The van der Waals surface area contributed by atoms with Crippen molar-refractivity contribution in [3.05, 3.63) is 15.8 Å². The molecule has 1 atom stereocenters. The first-order chi connectivity index (χ1) is 9.43. The summed E-state index contributed by atoms with van der Waals surface area (Å²) in [6, 6.07) is 0.276. The first-order valence-electron chi connectivity index (χ1n) is 7.08. The van der Waals surface area contributed by atoms with E-state index in [1.807, 2.05) is 25.8 Å². The van der Waals surface area contributed by atoms with Crippen molar-refractivity contribution in [3.8, 4) is 0 Å². The van der Waals surface area contributed by atoms with Gasteiger partial charge in [0.05, 0.1) is 4.92 Å². The third kappa shape index (κ3) is 2.63. The number of aromatic nitrogens is 2. The van der Waals surface area contributed by atoms with E-state index >= 15 is 0 Å². The Morgan fingerprint density at radius 1 is 1.55 bits per heavy atom. The van der Waals surface area contributed by atoms with Crippen LogP contribution in [-0.2, 0) is 7.05 Å². The molecule has 0 amide bonds. The van der Waals surface area contributed by atoms with Gasteiger partial charge in [0, 0.05) is 32.6 Å². The first kappa shape index (κ1) is 14.8. The third-order valence-corrected chi connectivity index (χ3v) is 3.90. The fraction of sp³-hybridized carbons (Fsp3) is 0.769. The number of likely N-dealkylation sites (N-methyl/N-ethyl adjacent to an activating group) is 1. The molecule has 1 unspecified atom stereocenters. The summed E-state index contributed by atoms with van der Waals surface area (Å²) in [5.74, 6) is 0.639. The van der Waals surface area contributed by atoms with Crippen molar-refractivity contribution in [2.24, 2.45) is 7.05 Å². The van der Waals surface area contributed by atoms with Crippen molar-refractivity contribution in [3.63, 3.8) is 0 Å². The minimum atomic E-state index is -0.301. The summed E-state index contributed by atoms with van der Waals surface area (Å²) in [6.07, 6.45) is 2.14. The molecule has 0 aromatic carbocycles. The predicted octanol–water partition coefficient (Wildman–Crippen LogP) is 1.64. The molecule has 0 saturated carbocycles. The van der Waals surface area contributed by atoms with Crippen LogP contribution in [-0.4, -0.2) is 40.9 Å². The Labute approximate surface area is 119 Å². The fourth-order valence-corrected chi connectivity index (χ4v) is 2.82. The summed E-state index contributed by atoms with van der Waals surface area (Å²) in [5, 5.41) is 19.2. The summed E-state index contributed by atoms with van der Waals surface area (Å²) in [4.78, 5) is 13.2. The summed E-state index contributed by atoms with van der Waals surface area (Å²) in [5.41, 5.74) is 0.707. The SMILES string of the molecule is CC(C)c1nn(C)c(N(C)C2CCCNC2)c1[N+](=O)[O-]. The molecule has 0 radical (unpaired) electrons. The fourth-order valence-electron chi connectivity index (χ4n) is 2.82. The average molecular weight is 281 g/mol. The Bertz CT molecular complexity index is 491. The van der Waals surface area contributed by atoms with Gasteiger partial charge in [0.15, 0.2) is 0 Å². The van der Waals surface area contributed by atoms with E-state index in [0.29, 0.717) is 11.5 Å². The molecule has 1 N–H and O–H groups in total. The lowest BCUT2D eigenvalue weighted by molar-refractivity contribution is -0.385. The molecular formula is C13H23N5O2. The summed E-state index contributed by atoms with van der Waals surface area (Å²) in [6.45, 7) is 5.74. The second-order valence-electron chi connectivity index (χ2n) is 5.70. The zero-order chi connectivity index (χ0) is 14.9. The molecule has 1 aliphatic heterocycles. The highest BCUT2D eigenvalue weighted by Crippen LogP contribution is 2.36. The van der Waals surface area contributed by atoms with Crippen LogP contribution in [0.4, 0.5) is 11.5 Å². The van der Waals surface area contributed by atoms with Crippen LogP contribution in [0.1, 0.15) is 38.3 Å². The van der Waals surface area contributed by atoms with E-state index in [2.05, 4.69) is 10.4 Å². The van der Waals surface area contributed by atoms with Gasteiger partial charge >= 0.3 is 5.69 Å². The molecule has 1 saturated heterocycles. The molecule has 1 aliphatic rings. The summed E-state index contributed by atoms with van der Waals surface area (Å²) < 4.78 is 1.64. The van der Waals surface area contributed by atoms with Gasteiger partial charge in [0.2, 0.25) is 5.82 Å². The molecule has 1 fully saturated rings. The highest BCUT2D eigenvalue weighted by molar-refractivity contribution is 5.62. The van der Waals surface area contributed by atoms with Crippen molar-refractivity contribution < 1.29 is 4.92 Å². The van der Waals surface area contributed by atoms with E-state index in [1.165, 1.54) is 0 Å². The van der Waals surface area contributed by atoms with Crippen LogP contribution in [0.25, 0.3) is 0 Å². The van der Waals surface area contributed by atoms with E-state index in [-0.39, 0.29) is 22.6 Å². The van der Waals surface area contributed by atoms with Gasteiger partial charge in [-0.2, -0.15) is 5.10 Å². The van der Waals surface area contributed by atoms with E-state index in [1.54, 1.807) is 11.7 Å². The number of nitro groups is 1. The van der Waals surface area contributed by atoms with Crippen LogP contribution in [0.3, 0.4) is 0 Å². The van der Waals surface area contributed by atoms with Crippen molar-refractivity contribution >= 4 is 11.5 Å². The molecule has 2 heterocycles. The van der Waals surface area contributed by atoms with Crippen LogP contribution >= 0.6 is 0 Å². The van der Waals surface area contributed by atoms with Crippen LogP contribution in [0.5, 0.6) is 0 Å². The third-order valence-electron chi connectivity index (χ3n) is 3.90. The van der Waals surface area contributed by atoms with Crippen LogP contribution < -0.4 is 10.2 Å². The van der Waals surface area contributed by atoms with Crippen molar-refractivity contribution in [1.29, 1.82) is 0 Å². The van der Waals surface area contributed by atoms with E-state index in [4.69, 9.17) is 0 Å². The standard InChI is InChI=1S/C13H23N5O2/c1-9(2)11-12(18(19)20)13(17(4)15-11)16(3)10-6-5-7-14-8-10/h9-10,14H,5-8H2,1-4H3. The maximum atomic E-state index is 11.5. The number of piperidine rings is 1. The van der Waals surface area contributed by atoms with Gasteiger partial charge in [0.1, 0.15) is 5.69 Å². The lowest BCUT2D eigenvalue weighted by Gasteiger charge is -2.32. The number of anilines is 1. The normalized spacial score (nSPS) is 19.4. The van der Waals surface area contributed by atoms with Gasteiger partial charge in [-0.1, -0.05) is 13.8 Å². The zero-order valence-corrected chi connectivity index (χ0v) is 12.6. The molecule has 2 rings (SSSR count). The van der Waals surface area contributed by atoms with Crippen LogP contribution in [0.15, 0.2) is 0 Å². The molecule has 20 heavy (non-hydrogen) atoms. The Balaban J connectivity index is 2.41. The summed E-state index contributed by atoms with van der Waals surface area (Å²) >= 11 is 0. The topological polar surface area (TPSA) is 76.2 Å². The van der Waals surface area contributed by atoms with Crippen molar-refractivity contribution in [2.45, 2.75) is 38.6 Å². The minimum Gasteiger partial charge on any atom is -0.350 e. The maximum Gasteiger partial charge on any atom is 0.334 e. The second kappa shape index (κ2) is 5.78. The molecule has 7 heteroatoms. The van der Waals surface area contributed by atoms with Crippen LogP contribution in [0.2, 0.25) is 0 Å².